The smallest absolute Gasteiger partial charge is 0.312 e. The summed E-state index contributed by atoms with van der Waals surface area (Å²) in [5, 5.41) is 8.85. The Kier molecular flexibility index (Phi) is 3.75. The largest absolute Gasteiger partial charge is 0.469 e. The van der Waals surface area contributed by atoms with Gasteiger partial charge in [-0.25, -0.2) is 0 Å². The van der Waals surface area contributed by atoms with Gasteiger partial charge in [0.05, 0.1) is 26.2 Å². The number of anilines is 2. The third-order valence-electron chi connectivity index (χ3n) is 2.50. The van der Waals surface area contributed by atoms with E-state index in [4.69, 9.17) is 15.2 Å². The monoisotopic (exact) mass is 258 g/mol. The van der Waals surface area contributed by atoms with Crippen molar-refractivity contribution < 1.29 is 14.3 Å². The van der Waals surface area contributed by atoms with Crippen LogP contribution >= 0.6 is 11.3 Å². The zero-order valence-electron chi connectivity index (χ0n) is 9.46. The standard InChI is InChI=1S/C9H14N4O3S/c1-15-7(14)6-4-13(2-3-16-5-6)9-12-11-8(10)17-9/h6H,2-5H2,1H3,(H2,10,11). The number of carbonyl (C=O) groups excluding carboxylic acids is 1. The van der Waals surface area contributed by atoms with Crippen LogP contribution in [0.3, 0.4) is 0 Å². The number of nitrogen functional groups attached to an aromatic ring is 1. The number of ether oxygens (including phenoxy) is 2. The van der Waals surface area contributed by atoms with E-state index in [1.807, 2.05) is 4.90 Å². The molecule has 8 heteroatoms. The molecule has 0 spiro atoms. The summed E-state index contributed by atoms with van der Waals surface area (Å²) in [5.74, 6) is -0.568. The Morgan fingerprint density at radius 3 is 3.12 bits per heavy atom. The molecule has 1 unspecified atom stereocenters. The lowest BCUT2D eigenvalue weighted by molar-refractivity contribution is -0.146. The predicted octanol–water partition coefficient (Wildman–Crippen LogP) is -0.254. The van der Waals surface area contributed by atoms with Gasteiger partial charge in [-0.3, -0.25) is 4.79 Å². The normalized spacial score (nSPS) is 21.0. The molecule has 7 nitrogen and oxygen atoms in total. The Morgan fingerprint density at radius 2 is 2.47 bits per heavy atom. The maximum Gasteiger partial charge on any atom is 0.312 e. The van der Waals surface area contributed by atoms with E-state index in [-0.39, 0.29) is 11.9 Å². The van der Waals surface area contributed by atoms with Crippen molar-refractivity contribution in [1.29, 1.82) is 0 Å². The Morgan fingerprint density at radius 1 is 1.65 bits per heavy atom. The van der Waals surface area contributed by atoms with Crippen LogP contribution in [0.2, 0.25) is 0 Å². The van der Waals surface area contributed by atoms with E-state index in [1.165, 1.54) is 18.4 Å². The van der Waals surface area contributed by atoms with E-state index in [1.54, 1.807) is 0 Å². The van der Waals surface area contributed by atoms with Gasteiger partial charge in [0.2, 0.25) is 10.3 Å². The van der Waals surface area contributed by atoms with Crippen LogP contribution in [-0.2, 0) is 14.3 Å². The molecule has 1 saturated heterocycles. The minimum atomic E-state index is -0.298. The Bertz CT molecular complexity index is 397. The SMILES string of the molecule is COC(=O)C1COCCN(c2nnc(N)s2)C1. The van der Waals surface area contributed by atoms with Gasteiger partial charge >= 0.3 is 5.97 Å². The van der Waals surface area contributed by atoms with Crippen molar-refractivity contribution in [3.63, 3.8) is 0 Å². The second-order valence-electron chi connectivity index (χ2n) is 3.66. The number of methoxy groups -OCH3 is 1. The Labute approximate surface area is 103 Å². The van der Waals surface area contributed by atoms with E-state index >= 15 is 0 Å². The molecule has 1 aromatic heterocycles. The quantitative estimate of drug-likeness (QED) is 0.731. The molecule has 2 heterocycles. The third-order valence-corrected chi connectivity index (χ3v) is 3.31. The number of hydrogen-bond acceptors (Lipinski definition) is 8. The summed E-state index contributed by atoms with van der Waals surface area (Å²) >= 11 is 1.30. The zero-order chi connectivity index (χ0) is 12.3. The molecular formula is C9H14N4O3S. The van der Waals surface area contributed by atoms with Crippen LogP contribution in [0.5, 0.6) is 0 Å². The summed E-state index contributed by atoms with van der Waals surface area (Å²) in [6, 6.07) is 0. The van der Waals surface area contributed by atoms with Crippen LogP contribution in [0.4, 0.5) is 10.3 Å². The van der Waals surface area contributed by atoms with Gasteiger partial charge in [-0.1, -0.05) is 11.3 Å². The number of carbonyl (C=O) groups is 1. The average molecular weight is 258 g/mol. The summed E-state index contributed by atoms with van der Waals surface area (Å²) in [7, 11) is 1.38. The first kappa shape index (κ1) is 12.1. The summed E-state index contributed by atoms with van der Waals surface area (Å²) in [6.07, 6.45) is 0. The number of nitrogens with zero attached hydrogens (tertiary/aromatic N) is 3. The van der Waals surface area contributed by atoms with Crippen LogP contribution in [0, 0.1) is 5.92 Å². The molecule has 1 atom stereocenters. The molecule has 0 saturated carbocycles. The lowest BCUT2D eigenvalue weighted by Gasteiger charge is -2.20. The van der Waals surface area contributed by atoms with Crippen LogP contribution in [0.15, 0.2) is 0 Å². The molecule has 0 radical (unpaired) electrons. The van der Waals surface area contributed by atoms with Gasteiger partial charge in [-0.15, -0.1) is 10.2 Å². The molecule has 0 aromatic carbocycles. The first-order valence-corrected chi connectivity index (χ1v) is 6.02. The van der Waals surface area contributed by atoms with Gasteiger partial charge in [-0.05, 0) is 0 Å². The molecule has 1 aliphatic rings. The highest BCUT2D eigenvalue weighted by molar-refractivity contribution is 7.18. The van der Waals surface area contributed by atoms with Crippen LogP contribution in [-0.4, -0.2) is 49.6 Å². The van der Waals surface area contributed by atoms with Crippen molar-refractivity contribution in [2.24, 2.45) is 5.92 Å². The van der Waals surface area contributed by atoms with E-state index in [2.05, 4.69) is 10.2 Å². The molecule has 1 fully saturated rings. The second-order valence-corrected chi connectivity index (χ2v) is 4.65. The van der Waals surface area contributed by atoms with Crippen molar-refractivity contribution in [2.75, 3.05) is 44.0 Å². The predicted molar refractivity (Wildman–Crippen MR) is 62.9 cm³/mol. The number of nitrogens with two attached hydrogens (primary N) is 1. The van der Waals surface area contributed by atoms with Crippen LogP contribution in [0.1, 0.15) is 0 Å². The number of aromatic nitrogens is 2. The maximum absolute atomic E-state index is 11.5. The van der Waals surface area contributed by atoms with Crippen molar-refractivity contribution in [1.82, 2.24) is 10.2 Å². The molecule has 17 heavy (non-hydrogen) atoms. The molecule has 2 rings (SSSR count). The lowest BCUT2D eigenvalue weighted by atomic mass is 10.1. The Balaban J connectivity index is 2.09. The summed E-state index contributed by atoms with van der Waals surface area (Å²) in [5.41, 5.74) is 5.54. The van der Waals surface area contributed by atoms with E-state index in [0.29, 0.717) is 36.6 Å². The summed E-state index contributed by atoms with van der Waals surface area (Å²) in [4.78, 5) is 13.5. The fourth-order valence-electron chi connectivity index (χ4n) is 1.65. The van der Waals surface area contributed by atoms with E-state index in [0.717, 1.165) is 0 Å². The fraction of sp³-hybridized carbons (Fsp3) is 0.667. The van der Waals surface area contributed by atoms with Gasteiger partial charge < -0.3 is 20.1 Å². The Hall–Kier alpha value is -1.41. The van der Waals surface area contributed by atoms with E-state index in [9.17, 15) is 4.79 Å². The molecule has 94 valence electrons. The van der Waals surface area contributed by atoms with Gasteiger partial charge in [-0.2, -0.15) is 0 Å². The molecular weight excluding hydrogens is 244 g/mol. The molecule has 0 aliphatic carbocycles. The minimum absolute atomic E-state index is 0.269. The molecule has 2 N–H and O–H groups in total. The van der Waals surface area contributed by atoms with Crippen LogP contribution < -0.4 is 10.6 Å². The van der Waals surface area contributed by atoms with Gasteiger partial charge in [0.15, 0.2) is 0 Å². The highest BCUT2D eigenvalue weighted by Crippen LogP contribution is 2.23. The zero-order valence-corrected chi connectivity index (χ0v) is 10.3. The lowest BCUT2D eigenvalue weighted by Crippen LogP contribution is -2.34. The van der Waals surface area contributed by atoms with Crippen molar-refractivity contribution in [3.8, 4) is 0 Å². The van der Waals surface area contributed by atoms with Gasteiger partial charge in [0.25, 0.3) is 0 Å². The van der Waals surface area contributed by atoms with Gasteiger partial charge in [0, 0.05) is 13.1 Å². The molecule has 0 amide bonds. The first-order valence-electron chi connectivity index (χ1n) is 5.20. The average Bonchev–Trinajstić information content (AvgIpc) is 2.63. The number of hydrogen-bond donors (Lipinski definition) is 1. The van der Waals surface area contributed by atoms with Crippen molar-refractivity contribution in [3.05, 3.63) is 0 Å². The molecule has 1 aliphatic heterocycles. The summed E-state index contributed by atoms with van der Waals surface area (Å²) in [6.45, 7) is 2.11. The first-order chi connectivity index (χ1) is 8.20. The summed E-state index contributed by atoms with van der Waals surface area (Å²) < 4.78 is 10.1. The van der Waals surface area contributed by atoms with E-state index < -0.39 is 0 Å². The molecule has 1 aromatic rings. The van der Waals surface area contributed by atoms with Crippen molar-refractivity contribution in [2.45, 2.75) is 0 Å². The third kappa shape index (κ3) is 2.83. The minimum Gasteiger partial charge on any atom is -0.469 e. The second kappa shape index (κ2) is 5.28. The maximum atomic E-state index is 11.5. The number of esters is 1. The topological polar surface area (TPSA) is 90.6 Å². The highest BCUT2D eigenvalue weighted by atomic mass is 32.1. The number of rotatable bonds is 2. The highest BCUT2D eigenvalue weighted by Gasteiger charge is 2.27. The fourth-order valence-corrected chi connectivity index (χ4v) is 2.29. The molecule has 0 bridgehead atoms. The van der Waals surface area contributed by atoms with Crippen molar-refractivity contribution >= 4 is 27.6 Å². The van der Waals surface area contributed by atoms with Crippen LogP contribution in [0.25, 0.3) is 0 Å². The van der Waals surface area contributed by atoms with Gasteiger partial charge in [0.1, 0.15) is 0 Å².